The Kier molecular flexibility index (Phi) is 4.98. The Morgan fingerprint density at radius 2 is 1.86 bits per heavy atom. The summed E-state index contributed by atoms with van der Waals surface area (Å²) in [6, 6.07) is 0. The van der Waals surface area contributed by atoms with Crippen molar-refractivity contribution in [1.82, 2.24) is 0 Å². The van der Waals surface area contributed by atoms with Crippen LogP contribution in [0.5, 0.6) is 0 Å². The molecule has 0 saturated heterocycles. The minimum atomic E-state index is 0.894. The van der Waals surface area contributed by atoms with Gasteiger partial charge in [0.1, 0.15) is 0 Å². The van der Waals surface area contributed by atoms with Crippen LogP contribution in [0.3, 0.4) is 0 Å². The third-order valence-corrected chi connectivity index (χ3v) is 4.21. The third kappa shape index (κ3) is 3.00. The molecule has 0 N–H and O–H groups in total. The predicted molar refractivity (Wildman–Crippen MR) is 64.4 cm³/mol. The molecular weight excluding hydrogens is 168 g/mol. The highest BCUT2D eigenvalue weighted by molar-refractivity contribution is 4.81. The van der Waals surface area contributed by atoms with Crippen molar-refractivity contribution in [3.63, 3.8) is 0 Å². The fourth-order valence-corrected chi connectivity index (χ4v) is 3.52. The lowest BCUT2D eigenvalue weighted by Gasteiger charge is -2.26. The van der Waals surface area contributed by atoms with Crippen molar-refractivity contribution in [3.05, 3.63) is 0 Å². The number of hydrogen-bond donors (Lipinski definition) is 0. The Morgan fingerprint density at radius 3 is 2.36 bits per heavy atom. The lowest BCUT2D eigenvalue weighted by molar-refractivity contribution is 0.242. The molecule has 1 rings (SSSR count). The highest BCUT2D eigenvalue weighted by Gasteiger charge is 2.30. The molecule has 1 saturated carbocycles. The molecule has 14 heavy (non-hydrogen) atoms. The van der Waals surface area contributed by atoms with Crippen LogP contribution >= 0.6 is 0 Å². The van der Waals surface area contributed by atoms with E-state index in [1.54, 1.807) is 0 Å². The maximum Gasteiger partial charge on any atom is -0.0365 e. The Labute approximate surface area is 90.5 Å². The Balaban J connectivity index is 2.39. The van der Waals surface area contributed by atoms with Crippen LogP contribution in [0.2, 0.25) is 0 Å². The van der Waals surface area contributed by atoms with E-state index in [0.29, 0.717) is 0 Å². The molecule has 3 atom stereocenters. The summed E-state index contributed by atoms with van der Waals surface area (Å²) in [6.07, 6.45) is 8.82. The van der Waals surface area contributed by atoms with Crippen molar-refractivity contribution < 1.29 is 0 Å². The molecule has 1 fully saturated rings. The zero-order valence-electron chi connectivity index (χ0n) is 10.6. The van der Waals surface area contributed by atoms with Gasteiger partial charge in [0.25, 0.3) is 0 Å². The van der Waals surface area contributed by atoms with Gasteiger partial charge in [-0.15, -0.1) is 0 Å². The van der Waals surface area contributed by atoms with Gasteiger partial charge in [-0.1, -0.05) is 53.4 Å². The SMILES string of the molecule is CCCC1CCC(C(CC)C(C)C)C1. The summed E-state index contributed by atoms with van der Waals surface area (Å²) in [4.78, 5) is 0. The second-order valence-corrected chi connectivity index (χ2v) is 5.54. The van der Waals surface area contributed by atoms with Crippen molar-refractivity contribution >= 4 is 0 Å². The van der Waals surface area contributed by atoms with Crippen LogP contribution in [0.1, 0.15) is 66.2 Å². The van der Waals surface area contributed by atoms with E-state index < -0.39 is 0 Å². The zero-order valence-corrected chi connectivity index (χ0v) is 10.6. The minimum absolute atomic E-state index is 0.894. The molecular formula is C14H28. The predicted octanol–water partition coefficient (Wildman–Crippen LogP) is 4.89. The molecule has 1 aliphatic rings. The van der Waals surface area contributed by atoms with E-state index in [0.717, 1.165) is 23.7 Å². The fourth-order valence-electron chi connectivity index (χ4n) is 3.52. The second-order valence-electron chi connectivity index (χ2n) is 5.54. The van der Waals surface area contributed by atoms with Crippen molar-refractivity contribution in [2.24, 2.45) is 23.7 Å². The molecule has 0 aromatic carbocycles. The summed E-state index contributed by atoms with van der Waals surface area (Å²) in [6.45, 7) is 9.51. The van der Waals surface area contributed by atoms with E-state index in [4.69, 9.17) is 0 Å². The van der Waals surface area contributed by atoms with Crippen molar-refractivity contribution in [1.29, 1.82) is 0 Å². The largest absolute Gasteiger partial charge is 0.0654 e. The highest BCUT2D eigenvalue weighted by atomic mass is 14.4. The Hall–Kier alpha value is 0. The molecule has 0 spiro atoms. The summed E-state index contributed by atoms with van der Waals surface area (Å²) in [7, 11) is 0. The maximum absolute atomic E-state index is 2.40. The van der Waals surface area contributed by atoms with E-state index in [1.165, 1.54) is 38.5 Å². The van der Waals surface area contributed by atoms with Gasteiger partial charge in [0.15, 0.2) is 0 Å². The first-order chi connectivity index (χ1) is 6.69. The molecule has 0 heteroatoms. The molecule has 3 unspecified atom stereocenters. The molecule has 1 aliphatic carbocycles. The summed E-state index contributed by atoms with van der Waals surface area (Å²) in [5.41, 5.74) is 0. The molecule has 84 valence electrons. The molecule has 0 heterocycles. The van der Waals surface area contributed by atoms with Gasteiger partial charge in [-0.05, 0) is 36.5 Å². The molecule has 0 bridgehead atoms. The lowest BCUT2D eigenvalue weighted by Crippen LogP contribution is -2.17. The van der Waals surface area contributed by atoms with Crippen LogP contribution in [0.4, 0.5) is 0 Å². The minimum Gasteiger partial charge on any atom is -0.0654 e. The van der Waals surface area contributed by atoms with Crippen LogP contribution in [0.15, 0.2) is 0 Å². The van der Waals surface area contributed by atoms with Gasteiger partial charge in [0.2, 0.25) is 0 Å². The third-order valence-electron chi connectivity index (χ3n) is 4.21. The first-order valence-corrected chi connectivity index (χ1v) is 6.69. The van der Waals surface area contributed by atoms with E-state index in [9.17, 15) is 0 Å². The first-order valence-electron chi connectivity index (χ1n) is 6.69. The molecule has 0 radical (unpaired) electrons. The Bertz CT molecular complexity index is 148. The number of rotatable bonds is 5. The summed E-state index contributed by atoms with van der Waals surface area (Å²) in [5.74, 6) is 4.01. The Morgan fingerprint density at radius 1 is 1.14 bits per heavy atom. The molecule has 0 aliphatic heterocycles. The molecule has 0 aromatic heterocycles. The summed E-state index contributed by atoms with van der Waals surface area (Å²) >= 11 is 0. The van der Waals surface area contributed by atoms with E-state index in [1.807, 2.05) is 0 Å². The molecule has 0 aromatic rings. The van der Waals surface area contributed by atoms with Gasteiger partial charge in [0.05, 0.1) is 0 Å². The van der Waals surface area contributed by atoms with Gasteiger partial charge in [-0.2, -0.15) is 0 Å². The molecule has 0 nitrogen and oxygen atoms in total. The van der Waals surface area contributed by atoms with Crippen LogP contribution in [-0.2, 0) is 0 Å². The monoisotopic (exact) mass is 196 g/mol. The first kappa shape index (κ1) is 12.1. The van der Waals surface area contributed by atoms with Gasteiger partial charge in [-0.25, -0.2) is 0 Å². The highest BCUT2D eigenvalue weighted by Crippen LogP contribution is 2.41. The topological polar surface area (TPSA) is 0 Å². The average molecular weight is 196 g/mol. The van der Waals surface area contributed by atoms with Gasteiger partial charge in [-0.3, -0.25) is 0 Å². The normalized spacial score (nSPS) is 29.8. The average Bonchev–Trinajstić information content (AvgIpc) is 2.54. The smallest absolute Gasteiger partial charge is 0.0365 e. The van der Waals surface area contributed by atoms with Crippen LogP contribution in [0.25, 0.3) is 0 Å². The zero-order chi connectivity index (χ0) is 10.6. The van der Waals surface area contributed by atoms with Crippen LogP contribution in [0, 0.1) is 23.7 Å². The van der Waals surface area contributed by atoms with Crippen molar-refractivity contribution in [3.8, 4) is 0 Å². The van der Waals surface area contributed by atoms with Crippen LogP contribution < -0.4 is 0 Å². The fraction of sp³-hybridized carbons (Fsp3) is 1.00. The number of hydrogen-bond acceptors (Lipinski definition) is 0. The molecule has 0 amide bonds. The van der Waals surface area contributed by atoms with Crippen molar-refractivity contribution in [2.45, 2.75) is 66.2 Å². The maximum atomic E-state index is 2.40. The van der Waals surface area contributed by atoms with Gasteiger partial charge in [0, 0.05) is 0 Å². The standard InChI is InChI=1S/C14H28/c1-5-7-12-8-9-13(10-12)14(6-2)11(3)4/h11-14H,5-10H2,1-4H3. The van der Waals surface area contributed by atoms with Crippen LogP contribution in [-0.4, -0.2) is 0 Å². The van der Waals surface area contributed by atoms with E-state index in [2.05, 4.69) is 27.7 Å². The summed E-state index contributed by atoms with van der Waals surface area (Å²) in [5, 5.41) is 0. The van der Waals surface area contributed by atoms with E-state index >= 15 is 0 Å². The van der Waals surface area contributed by atoms with Crippen molar-refractivity contribution in [2.75, 3.05) is 0 Å². The second kappa shape index (κ2) is 5.78. The summed E-state index contributed by atoms with van der Waals surface area (Å²) < 4.78 is 0. The van der Waals surface area contributed by atoms with E-state index in [-0.39, 0.29) is 0 Å². The quantitative estimate of drug-likeness (QED) is 0.587. The lowest BCUT2D eigenvalue weighted by atomic mass is 9.80. The van der Waals surface area contributed by atoms with Gasteiger partial charge < -0.3 is 0 Å². The van der Waals surface area contributed by atoms with Gasteiger partial charge >= 0.3 is 0 Å².